The standard InChI is InChI=1S/C21H25N3O2/c25-20(24-17-10-4-5-11-17)15-22-19-13-7-6-12-18(19)21(26)23-14-16-8-2-1-3-9-16/h1-3,6-9,12-13,17,22H,4-5,10-11,14-15H2,(H,23,26)(H,24,25). The first-order chi connectivity index (χ1) is 12.7. The number of anilines is 1. The van der Waals surface area contributed by atoms with Gasteiger partial charge in [0.2, 0.25) is 5.91 Å². The van der Waals surface area contributed by atoms with E-state index >= 15 is 0 Å². The lowest BCUT2D eigenvalue weighted by atomic mass is 10.1. The molecular weight excluding hydrogens is 326 g/mol. The number of hydrogen-bond acceptors (Lipinski definition) is 3. The van der Waals surface area contributed by atoms with Crippen molar-refractivity contribution in [2.75, 3.05) is 11.9 Å². The fraction of sp³-hybridized carbons (Fsp3) is 0.333. The molecule has 0 bridgehead atoms. The lowest BCUT2D eigenvalue weighted by Gasteiger charge is -2.15. The predicted molar refractivity (Wildman–Crippen MR) is 103 cm³/mol. The third-order valence-electron chi connectivity index (χ3n) is 4.63. The van der Waals surface area contributed by atoms with E-state index in [4.69, 9.17) is 0 Å². The lowest BCUT2D eigenvalue weighted by molar-refractivity contribution is -0.120. The zero-order valence-electron chi connectivity index (χ0n) is 14.8. The number of rotatable bonds is 7. The molecule has 0 aliphatic heterocycles. The van der Waals surface area contributed by atoms with E-state index in [9.17, 15) is 9.59 Å². The summed E-state index contributed by atoms with van der Waals surface area (Å²) in [6.45, 7) is 0.635. The number of carbonyl (C=O) groups is 2. The van der Waals surface area contributed by atoms with E-state index in [2.05, 4.69) is 16.0 Å². The van der Waals surface area contributed by atoms with Gasteiger partial charge < -0.3 is 16.0 Å². The quantitative estimate of drug-likeness (QED) is 0.718. The van der Waals surface area contributed by atoms with Crippen molar-refractivity contribution >= 4 is 17.5 Å². The van der Waals surface area contributed by atoms with Crippen LogP contribution in [0.5, 0.6) is 0 Å². The monoisotopic (exact) mass is 351 g/mol. The van der Waals surface area contributed by atoms with Gasteiger partial charge in [-0.05, 0) is 30.5 Å². The van der Waals surface area contributed by atoms with Gasteiger partial charge in [-0.25, -0.2) is 0 Å². The third kappa shape index (κ3) is 5.09. The van der Waals surface area contributed by atoms with Crippen molar-refractivity contribution in [2.24, 2.45) is 0 Å². The molecule has 3 rings (SSSR count). The molecule has 5 nitrogen and oxygen atoms in total. The summed E-state index contributed by atoms with van der Waals surface area (Å²) >= 11 is 0. The van der Waals surface area contributed by atoms with Crippen LogP contribution in [-0.2, 0) is 11.3 Å². The maximum Gasteiger partial charge on any atom is 0.253 e. The van der Waals surface area contributed by atoms with Crippen LogP contribution in [0.3, 0.4) is 0 Å². The molecule has 3 N–H and O–H groups in total. The van der Waals surface area contributed by atoms with Crippen molar-refractivity contribution in [1.29, 1.82) is 0 Å². The molecule has 1 saturated carbocycles. The molecule has 2 amide bonds. The zero-order chi connectivity index (χ0) is 18.2. The van der Waals surface area contributed by atoms with Crippen LogP contribution in [0.4, 0.5) is 5.69 Å². The van der Waals surface area contributed by atoms with Crippen LogP contribution in [0, 0.1) is 0 Å². The van der Waals surface area contributed by atoms with Crippen LogP contribution in [0.2, 0.25) is 0 Å². The first-order valence-corrected chi connectivity index (χ1v) is 9.17. The molecule has 26 heavy (non-hydrogen) atoms. The Balaban J connectivity index is 1.54. The Morgan fingerprint density at radius 2 is 1.62 bits per heavy atom. The number of para-hydroxylation sites is 1. The highest BCUT2D eigenvalue weighted by atomic mass is 16.2. The Bertz CT molecular complexity index is 740. The van der Waals surface area contributed by atoms with Crippen molar-refractivity contribution in [1.82, 2.24) is 10.6 Å². The highest BCUT2D eigenvalue weighted by Crippen LogP contribution is 2.18. The van der Waals surface area contributed by atoms with Crippen LogP contribution < -0.4 is 16.0 Å². The van der Waals surface area contributed by atoms with Crippen LogP contribution >= 0.6 is 0 Å². The second kappa shape index (κ2) is 9.04. The van der Waals surface area contributed by atoms with E-state index in [1.54, 1.807) is 6.07 Å². The Labute approximate surface area is 154 Å². The summed E-state index contributed by atoms with van der Waals surface area (Å²) in [4.78, 5) is 24.6. The molecule has 0 saturated heterocycles. The SMILES string of the molecule is O=C(CNc1ccccc1C(=O)NCc1ccccc1)NC1CCCC1. The van der Waals surface area contributed by atoms with Gasteiger partial charge in [-0.15, -0.1) is 0 Å². The second-order valence-electron chi connectivity index (χ2n) is 6.62. The fourth-order valence-corrected chi connectivity index (χ4v) is 3.23. The predicted octanol–water partition coefficient (Wildman–Crippen LogP) is 3.09. The van der Waals surface area contributed by atoms with E-state index in [-0.39, 0.29) is 18.4 Å². The van der Waals surface area contributed by atoms with Crippen molar-refractivity contribution < 1.29 is 9.59 Å². The molecule has 1 fully saturated rings. The van der Waals surface area contributed by atoms with Crippen LogP contribution in [0.25, 0.3) is 0 Å². The molecule has 0 aromatic heterocycles. The van der Waals surface area contributed by atoms with Crippen molar-refractivity contribution in [2.45, 2.75) is 38.3 Å². The minimum Gasteiger partial charge on any atom is -0.376 e. The zero-order valence-corrected chi connectivity index (χ0v) is 14.8. The molecule has 0 radical (unpaired) electrons. The Kier molecular flexibility index (Phi) is 6.25. The highest BCUT2D eigenvalue weighted by molar-refractivity contribution is 6.00. The summed E-state index contributed by atoms with van der Waals surface area (Å²) in [5, 5.41) is 9.06. The van der Waals surface area contributed by atoms with Gasteiger partial charge in [0.05, 0.1) is 12.1 Å². The summed E-state index contributed by atoms with van der Waals surface area (Å²) < 4.78 is 0. The minimum atomic E-state index is -0.159. The molecular formula is C21H25N3O2. The third-order valence-corrected chi connectivity index (χ3v) is 4.63. The molecule has 2 aromatic carbocycles. The first kappa shape index (κ1) is 18.0. The maximum atomic E-state index is 12.5. The highest BCUT2D eigenvalue weighted by Gasteiger charge is 2.17. The maximum absolute atomic E-state index is 12.5. The molecule has 0 spiro atoms. The van der Waals surface area contributed by atoms with Crippen LogP contribution in [0.1, 0.15) is 41.6 Å². The normalized spacial score (nSPS) is 14.0. The Hall–Kier alpha value is -2.82. The molecule has 136 valence electrons. The van der Waals surface area contributed by atoms with Gasteiger partial charge in [0.1, 0.15) is 0 Å². The molecule has 0 heterocycles. The van der Waals surface area contributed by atoms with Crippen molar-refractivity contribution in [3.05, 3.63) is 65.7 Å². The Morgan fingerprint density at radius 1 is 0.923 bits per heavy atom. The molecule has 2 aromatic rings. The van der Waals surface area contributed by atoms with Gasteiger partial charge in [0, 0.05) is 18.3 Å². The van der Waals surface area contributed by atoms with Gasteiger partial charge in [-0.3, -0.25) is 9.59 Å². The summed E-state index contributed by atoms with van der Waals surface area (Å²) in [5.41, 5.74) is 2.25. The van der Waals surface area contributed by atoms with E-state index in [1.807, 2.05) is 48.5 Å². The summed E-state index contributed by atoms with van der Waals surface area (Å²) in [6.07, 6.45) is 4.49. The molecule has 5 heteroatoms. The van der Waals surface area contributed by atoms with E-state index in [1.165, 1.54) is 12.8 Å². The first-order valence-electron chi connectivity index (χ1n) is 9.17. The fourth-order valence-electron chi connectivity index (χ4n) is 3.23. The number of carbonyl (C=O) groups excluding carboxylic acids is 2. The molecule has 0 unspecified atom stereocenters. The van der Waals surface area contributed by atoms with E-state index in [0.717, 1.165) is 18.4 Å². The second-order valence-corrected chi connectivity index (χ2v) is 6.62. The molecule has 1 aliphatic carbocycles. The summed E-state index contributed by atoms with van der Waals surface area (Å²) in [6, 6.07) is 17.3. The number of benzene rings is 2. The largest absolute Gasteiger partial charge is 0.376 e. The van der Waals surface area contributed by atoms with Gasteiger partial charge in [0.25, 0.3) is 5.91 Å². The van der Waals surface area contributed by atoms with Gasteiger partial charge >= 0.3 is 0 Å². The van der Waals surface area contributed by atoms with E-state index < -0.39 is 0 Å². The van der Waals surface area contributed by atoms with Crippen LogP contribution in [-0.4, -0.2) is 24.4 Å². The summed E-state index contributed by atoms with van der Waals surface area (Å²) in [5.74, 6) is -0.190. The molecule has 0 atom stereocenters. The Morgan fingerprint density at radius 3 is 2.38 bits per heavy atom. The number of nitrogens with one attached hydrogen (secondary N) is 3. The smallest absolute Gasteiger partial charge is 0.253 e. The minimum absolute atomic E-state index is 0.0311. The van der Waals surface area contributed by atoms with Gasteiger partial charge in [-0.2, -0.15) is 0 Å². The number of amides is 2. The average molecular weight is 351 g/mol. The topological polar surface area (TPSA) is 70.2 Å². The number of hydrogen-bond donors (Lipinski definition) is 3. The van der Waals surface area contributed by atoms with Crippen molar-refractivity contribution in [3.8, 4) is 0 Å². The van der Waals surface area contributed by atoms with E-state index in [0.29, 0.717) is 23.8 Å². The lowest BCUT2D eigenvalue weighted by Crippen LogP contribution is -2.37. The van der Waals surface area contributed by atoms with Crippen molar-refractivity contribution in [3.63, 3.8) is 0 Å². The average Bonchev–Trinajstić information content (AvgIpc) is 3.18. The van der Waals surface area contributed by atoms with Gasteiger partial charge in [0.15, 0.2) is 0 Å². The van der Waals surface area contributed by atoms with Gasteiger partial charge in [-0.1, -0.05) is 55.3 Å². The molecule has 1 aliphatic rings. The summed E-state index contributed by atoms with van der Waals surface area (Å²) in [7, 11) is 0. The van der Waals surface area contributed by atoms with Crippen LogP contribution in [0.15, 0.2) is 54.6 Å².